The van der Waals surface area contributed by atoms with Crippen molar-refractivity contribution >= 4 is 0 Å². The second kappa shape index (κ2) is 8.51. The Balaban J connectivity index is 1.49. The third kappa shape index (κ3) is 4.21. The molecule has 0 radical (unpaired) electrons. The molecule has 4 aliphatic carbocycles. The van der Waals surface area contributed by atoms with Crippen LogP contribution in [0.25, 0.3) is 0 Å². The molecule has 4 aliphatic rings. The SMILES string of the molecule is CC(C)CCC[C@H](C)[C@@H]1CC[C@@H]2[C@H]3CC=C4CC(C(C)(C)C)CC[C@@]4(C)[C@@H]3CC[C@]21C. The Hall–Kier alpha value is -0.260. The molecular formula is C31H54. The van der Waals surface area contributed by atoms with Crippen molar-refractivity contribution in [3.05, 3.63) is 11.6 Å². The first-order chi connectivity index (χ1) is 14.5. The Morgan fingerprint density at radius 3 is 2.35 bits per heavy atom. The highest BCUT2D eigenvalue weighted by Gasteiger charge is 2.59. The smallest absolute Gasteiger partial charge is 0.00851 e. The molecule has 0 aromatic rings. The summed E-state index contributed by atoms with van der Waals surface area (Å²) < 4.78 is 0. The van der Waals surface area contributed by atoms with E-state index in [0.29, 0.717) is 16.2 Å². The van der Waals surface area contributed by atoms with Crippen LogP contribution in [0.15, 0.2) is 11.6 Å². The van der Waals surface area contributed by atoms with Crippen LogP contribution in [0.1, 0.15) is 126 Å². The molecule has 0 saturated heterocycles. The largest absolute Gasteiger partial charge is 0.0845 e. The van der Waals surface area contributed by atoms with Gasteiger partial charge in [0.25, 0.3) is 0 Å². The van der Waals surface area contributed by atoms with Crippen LogP contribution in [0.5, 0.6) is 0 Å². The lowest BCUT2D eigenvalue weighted by atomic mass is 9.46. The fraction of sp³-hybridized carbons (Fsp3) is 0.935. The third-order valence-corrected chi connectivity index (χ3v) is 11.5. The van der Waals surface area contributed by atoms with Crippen LogP contribution < -0.4 is 0 Å². The Labute approximate surface area is 195 Å². The predicted octanol–water partition coefficient (Wildman–Crippen LogP) is 9.69. The summed E-state index contributed by atoms with van der Waals surface area (Å²) in [6, 6.07) is 0. The Morgan fingerprint density at radius 1 is 0.935 bits per heavy atom. The molecule has 3 saturated carbocycles. The van der Waals surface area contributed by atoms with Gasteiger partial charge < -0.3 is 0 Å². The second-order valence-corrected chi connectivity index (χ2v) is 14.6. The average Bonchev–Trinajstić information content (AvgIpc) is 3.03. The van der Waals surface area contributed by atoms with Gasteiger partial charge in [0.15, 0.2) is 0 Å². The molecule has 0 amide bonds. The fourth-order valence-corrected chi connectivity index (χ4v) is 9.42. The molecule has 3 fully saturated rings. The minimum Gasteiger partial charge on any atom is -0.0845 e. The molecule has 8 atom stereocenters. The maximum Gasteiger partial charge on any atom is -0.00851 e. The van der Waals surface area contributed by atoms with Crippen molar-refractivity contribution in [3.63, 3.8) is 0 Å². The molecule has 178 valence electrons. The van der Waals surface area contributed by atoms with Gasteiger partial charge in [-0.3, -0.25) is 0 Å². The molecule has 0 N–H and O–H groups in total. The Bertz CT molecular complexity index is 662. The maximum atomic E-state index is 2.78. The topological polar surface area (TPSA) is 0 Å². The number of fused-ring (bicyclic) bond motifs is 5. The van der Waals surface area contributed by atoms with Crippen molar-refractivity contribution in [2.24, 2.45) is 57.7 Å². The zero-order chi connectivity index (χ0) is 22.6. The molecule has 0 nitrogen and oxygen atoms in total. The molecule has 31 heavy (non-hydrogen) atoms. The van der Waals surface area contributed by atoms with E-state index in [0.717, 1.165) is 41.4 Å². The van der Waals surface area contributed by atoms with Crippen molar-refractivity contribution in [3.8, 4) is 0 Å². The summed E-state index contributed by atoms with van der Waals surface area (Å²) >= 11 is 0. The summed E-state index contributed by atoms with van der Waals surface area (Å²) in [4.78, 5) is 0. The lowest BCUT2D eigenvalue weighted by Gasteiger charge is -2.59. The van der Waals surface area contributed by atoms with Gasteiger partial charge in [-0.1, -0.05) is 86.3 Å². The van der Waals surface area contributed by atoms with Crippen LogP contribution in [0.4, 0.5) is 0 Å². The second-order valence-electron chi connectivity index (χ2n) is 14.6. The van der Waals surface area contributed by atoms with Gasteiger partial charge in [0, 0.05) is 0 Å². The highest BCUT2D eigenvalue weighted by Crippen LogP contribution is 2.68. The number of allylic oxidation sites excluding steroid dienone is 2. The van der Waals surface area contributed by atoms with Crippen molar-refractivity contribution < 1.29 is 0 Å². The van der Waals surface area contributed by atoms with Crippen LogP contribution in [0.2, 0.25) is 0 Å². The van der Waals surface area contributed by atoms with Gasteiger partial charge in [-0.2, -0.15) is 0 Å². The molecule has 4 rings (SSSR count). The van der Waals surface area contributed by atoms with Gasteiger partial charge in [-0.05, 0) is 109 Å². The van der Waals surface area contributed by atoms with Gasteiger partial charge in [-0.25, -0.2) is 0 Å². The highest BCUT2D eigenvalue weighted by atomic mass is 14.6. The van der Waals surface area contributed by atoms with Crippen LogP contribution in [0.3, 0.4) is 0 Å². The van der Waals surface area contributed by atoms with Crippen molar-refractivity contribution in [1.29, 1.82) is 0 Å². The summed E-state index contributed by atoms with van der Waals surface area (Å²) in [5.41, 5.74) is 3.49. The number of rotatable bonds is 5. The monoisotopic (exact) mass is 426 g/mol. The van der Waals surface area contributed by atoms with Gasteiger partial charge >= 0.3 is 0 Å². The van der Waals surface area contributed by atoms with Crippen LogP contribution in [0, 0.1) is 57.7 Å². The third-order valence-electron chi connectivity index (χ3n) is 11.5. The van der Waals surface area contributed by atoms with E-state index in [1.807, 2.05) is 5.57 Å². The summed E-state index contributed by atoms with van der Waals surface area (Å²) in [7, 11) is 0. The first kappa shape index (κ1) is 23.9. The van der Waals surface area contributed by atoms with Gasteiger partial charge in [-0.15, -0.1) is 0 Å². The van der Waals surface area contributed by atoms with Gasteiger partial charge in [0.2, 0.25) is 0 Å². The minimum atomic E-state index is 0.467. The van der Waals surface area contributed by atoms with E-state index in [2.05, 4.69) is 61.5 Å². The summed E-state index contributed by atoms with van der Waals surface area (Å²) in [6.45, 7) is 20.2. The predicted molar refractivity (Wildman–Crippen MR) is 136 cm³/mol. The van der Waals surface area contributed by atoms with E-state index >= 15 is 0 Å². The standard InChI is InChI=1S/C31H54/c1-21(2)10-9-11-22(3)26-14-15-27-25-13-12-24-20-23(29(4,5)6)16-18-30(24,7)28(25)17-19-31(26,27)8/h12,21-23,25-28H,9-11,13-20H2,1-8H3/t22-,23?,25+,26-,27+,28+,30+,31-/m0/s1. The molecule has 1 unspecified atom stereocenters. The maximum absolute atomic E-state index is 2.78. The quantitative estimate of drug-likeness (QED) is 0.384. The van der Waals surface area contributed by atoms with Crippen molar-refractivity contribution in [1.82, 2.24) is 0 Å². The molecule has 0 aromatic carbocycles. The first-order valence-electron chi connectivity index (χ1n) is 14.2. The molecule has 0 aliphatic heterocycles. The normalized spacial score (nSPS) is 43.8. The van der Waals surface area contributed by atoms with E-state index in [-0.39, 0.29) is 0 Å². The number of hydrogen-bond donors (Lipinski definition) is 0. The number of hydrogen-bond acceptors (Lipinski definition) is 0. The van der Waals surface area contributed by atoms with E-state index < -0.39 is 0 Å². The van der Waals surface area contributed by atoms with E-state index in [1.54, 1.807) is 0 Å². The summed E-state index contributed by atoms with van der Waals surface area (Å²) in [5.74, 6) is 6.62. The highest BCUT2D eigenvalue weighted by molar-refractivity contribution is 5.25. The molecule has 0 heterocycles. The molecule has 0 heteroatoms. The molecule has 0 aromatic heterocycles. The zero-order valence-corrected chi connectivity index (χ0v) is 22.4. The van der Waals surface area contributed by atoms with Gasteiger partial charge in [0.05, 0.1) is 0 Å². The lowest BCUT2D eigenvalue weighted by Crippen LogP contribution is -2.51. The van der Waals surface area contributed by atoms with E-state index in [1.165, 1.54) is 70.6 Å². The lowest BCUT2D eigenvalue weighted by molar-refractivity contribution is -0.0559. The van der Waals surface area contributed by atoms with Crippen molar-refractivity contribution in [2.75, 3.05) is 0 Å². The summed E-state index contributed by atoms with van der Waals surface area (Å²) in [6.07, 6.45) is 18.9. The molecule has 0 bridgehead atoms. The Kier molecular flexibility index (Phi) is 6.55. The van der Waals surface area contributed by atoms with Gasteiger partial charge in [0.1, 0.15) is 0 Å². The molecule has 0 spiro atoms. The first-order valence-corrected chi connectivity index (χ1v) is 14.2. The summed E-state index contributed by atoms with van der Waals surface area (Å²) in [5, 5.41) is 0. The minimum absolute atomic E-state index is 0.467. The van der Waals surface area contributed by atoms with Crippen LogP contribution in [-0.2, 0) is 0 Å². The fourth-order valence-electron chi connectivity index (χ4n) is 9.42. The van der Waals surface area contributed by atoms with E-state index in [4.69, 9.17) is 0 Å². The molecular weight excluding hydrogens is 372 g/mol. The van der Waals surface area contributed by atoms with Crippen LogP contribution >= 0.6 is 0 Å². The van der Waals surface area contributed by atoms with Crippen molar-refractivity contribution in [2.45, 2.75) is 126 Å². The van der Waals surface area contributed by atoms with E-state index in [9.17, 15) is 0 Å². The zero-order valence-electron chi connectivity index (χ0n) is 22.4. The van der Waals surface area contributed by atoms with Crippen LogP contribution in [-0.4, -0.2) is 0 Å². The average molecular weight is 427 g/mol. The Morgan fingerprint density at radius 2 is 1.68 bits per heavy atom.